The van der Waals surface area contributed by atoms with Gasteiger partial charge in [-0.3, -0.25) is 0 Å². The smallest absolute Gasteiger partial charge is 0.0104 e. The molecule has 1 aromatic carbocycles. The first kappa shape index (κ1) is 38.7. The minimum Gasteiger partial charge on any atom is -0.0996 e. The van der Waals surface area contributed by atoms with Gasteiger partial charge in [0.1, 0.15) is 0 Å². The normalized spacial score (nSPS) is 15.3. The van der Waals surface area contributed by atoms with Crippen molar-refractivity contribution in [3.63, 3.8) is 0 Å². The van der Waals surface area contributed by atoms with Crippen LogP contribution in [-0.2, 0) is 5.41 Å². The summed E-state index contributed by atoms with van der Waals surface area (Å²) in [5, 5.41) is 0. The minimum absolute atomic E-state index is 0.181. The summed E-state index contributed by atoms with van der Waals surface area (Å²) >= 11 is 0. The molecule has 0 aromatic heterocycles. The fraction of sp³-hybridized carbons (Fsp3) is 0.762. The van der Waals surface area contributed by atoms with E-state index in [1.165, 1.54) is 49.7 Å². The van der Waals surface area contributed by atoms with E-state index >= 15 is 0 Å². The SMILES string of the molecule is C=C(C)C(C)(C)CC(C)(C)CC(C)(C)C(C)C(C)(C)CC(C)(C)C/C=C\CC(C)(C)CCCC(C)(C)c1ccccc1. The Bertz CT molecular complexity index is 990. The molecule has 1 aromatic rings. The van der Waals surface area contributed by atoms with Gasteiger partial charge in [0.05, 0.1) is 0 Å². The van der Waals surface area contributed by atoms with Gasteiger partial charge in [-0.15, -0.1) is 0 Å². The molecule has 242 valence electrons. The second kappa shape index (κ2) is 14.2. The summed E-state index contributed by atoms with van der Waals surface area (Å²) in [5.41, 5.74) is 4.62. The molecular weight excluding hydrogens is 504 g/mol. The lowest BCUT2D eigenvalue weighted by atomic mass is 9.56. The molecule has 0 heteroatoms. The molecule has 0 N–H and O–H groups in total. The zero-order valence-electron chi connectivity index (χ0n) is 31.5. The molecule has 0 aliphatic rings. The lowest BCUT2D eigenvalue weighted by Crippen LogP contribution is -2.40. The Balaban J connectivity index is 2.71. The molecule has 1 unspecified atom stereocenters. The zero-order chi connectivity index (χ0) is 32.8. The van der Waals surface area contributed by atoms with Gasteiger partial charge < -0.3 is 0 Å². The molecule has 0 saturated carbocycles. The Morgan fingerprint density at radius 1 is 0.643 bits per heavy atom. The van der Waals surface area contributed by atoms with Crippen LogP contribution in [0.1, 0.15) is 168 Å². The molecule has 0 aliphatic carbocycles. The van der Waals surface area contributed by atoms with Crippen LogP contribution in [0.2, 0.25) is 0 Å². The van der Waals surface area contributed by atoms with E-state index in [1.807, 2.05) is 0 Å². The van der Waals surface area contributed by atoms with E-state index in [9.17, 15) is 0 Å². The predicted octanol–water partition coefficient (Wildman–Crippen LogP) is 14.0. The largest absolute Gasteiger partial charge is 0.0996 e. The molecule has 0 spiro atoms. The van der Waals surface area contributed by atoms with Gasteiger partial charge in [-0.05, 0) is 101 Å². The highest BCUT2D eigenvalue weighted by Crippen LogP contribution is 2.53. The molecule has 0 nitrogen and oxygen atoms in total. The van der Waals surface area contributed by atoms with E-state index in [0.29, 0.717) is 11.3 Å². The van der Waals surface area contributed by atoms with Crippen molar-refractivity contribution in [1.82, 2.24) is 0 Å². The summed E-state index contributed by atoms with van der Waals surface area (Å²) in [6, 6.07) is 11.0. The molecule has 0 radical (unpaired) electrons. The topological polar surface area (TPSA) is 0 Å². The Kier molecular flexibility index (Phi) is 13.1. The van der Waals surface area contributed by atoms with Crippen molar-refractivity contribution < 1.29 is 0 Å². The second-order valence-corrected chi connectivity index (χ2v) is 19.4. The summed E-state index contributed by atoms with van der Waals surface area (Å²) in [6.07, 6.45) is 14.7. The number of hydrogen-bond donors (Lipinski definition) is 0. The van der Waals surface area contributed by atoms with Gasteiger partial charge in [-0.1, -0.05) is 165 Å². The van der Waals surface area contributed by atoms with Crippen LogP contribution in [0.4, 0.5) is 0 Å². The maximum atomic E-state index is 4.29. The third-order valence-corrected chi connectivity index (χ3v) is 11.0. The van der Waals surface area contributed by atoms with E-state index in [1.54, 1.807) is 0 Å². The average Bonchev–Trinajstić information content (AvgIpc) is 2.79. The molecule has 42 heavy (non-hydrogen) atoms. The first-order valence-electron chi connectivity index (χ1n) is 17.1. The van der Waals surface area contributed by atoms with E-state index in [2.05, 4.69) is 160 Å². The highest BCUT2D eigenvalue weighted by Gasteiger charge is 2.43. The quantitative estimate of drug-likeness (QED) is 0.152. The molecule has 0 aliphatic heterocycles. The molecule has 1 atom stereocenters. The minimum atomic E-state index is 0.181. The monoisotopic (exact) mass is 579 g/mol. The van der Waals surface area contributed by atoms with E-state index < -0.39 is 0 Å². The van der Waals surface area contributed by atoms with Crippen molar-refractivity contribution >= 4 is 0 Å². The third kappa shape index (κ3) is 12.7. The summed E-state index contributed by atoms with van der Waals surface area (Å²) in [4.78, 5) is 0. The number of hydrogen-bond acceptors (Lipinski definition) is 0. The Morgan fingerprint density at radius 3 is 1.57 bits per heavy atom. The van der Waals surface area contributed by atoms with Crippen LogP contribution in [0, 0.1) is 38.4 Å². The van der Waals surface area contributed by atoms with Crippen molar-refractivity contribution in [2.24, 2.45) is 38.4 Å². The first-order chi connectivity index (χ1) is 18.7. The van der Waals surface area contributed by atoms with Gasteiger partial charge >= 0.3 is 0 Å². The van der Waals surface area contributed by atoms with Gasteiger partial charge in [0.15, 0.2) is 0 Å². The van der Waals surface area contributed by atoms with Gasteiger partial charge in [0, 0.05) is 0 Å². The van der Waals surface area contributed by atoms with Gasteiger partial charge in [-0.25, -0.2) is 0 Å². The highest BCUT2D eigenvalue weighted by molar-refractivity contribution is 5.23. The van der Waals surface area contributed by atoms with Gasteiger partial charge in [0.2, 0.25) is 0 Å². The van der Waals surface area contributed by atoms with Crippen LogP contribution in [0.5, 0.6) is 0 Å². The van der Waals surface area contributed by atoms with E-state index in [-0.39, 0.29) is 32.5 Å². The maximum absolute atomic E-state index is 4.29. The molecule has 0 amide bonds. The van der Waals surface area contributed by atoms with Crippen LogP contribution in [0.25, 0.3) is 0 Å². The van der Waals surface area contributed by atoms with Crippen molar-refractivity contribution in [1.29, 1.82) is 0 Å². The number of allylic oxidation sites excluding steroid dienone is 3. The van der Waals surface area contributed by atoms with Crippen molar-refractivity contribution in [3.8, 4) is 0 Å². The lowest BCUT2D eigenvalue weighted by Gasteiger charge is -2.49. The maximum Gasteiger partial charge on any atom is -0.0104 e. The lowest BCUT2D eigenvalue weighted by molar-refractivity contribution is 0.0113. The summed E-state index contributed by atoms with van der Waals surface area (Å²) < 4.78 is 0. The van der Waals surface area contributed by atoms with Gasteiger partial charge in [-0.2, -0.15) is 0 Å². The zero-order valence-corrected chi connectivity index (χ0v) is 31.5. The molecule has 0 heterocycles. The van der Waals surface area contributed by atoms with Crippen LogP contribution in [-0.4, -0.2) is 0 Å². The summed E-state index contributed by atoms with van der Waals surface area (Å²) in [7, 11) is 0. The molecule has 0 saturated heterocycles. The highest BCUT2D eigenvalue weighted by atomic mass is 14.5. The van der Waals surface area contributed by atoms with Crippen LogP contribution < -0.4 is 0 Å². The van der Waals surface area contributed by atoms with Crippen LogP contribution in [0.3, 0.4) is 0 Å². The average molecular weight is 579 g/mol. The standard InChI is InChI=1S/C42H74/c1-33(2)40(12,13)31-38(8,9)32-42(16,17)34(3)41(14,15)30-37(6,7)27-22-21-26-36(4,5)28-23-29-39(10,11)35-24-19-18-20-25-35/h18-22,24-25,34H,1,23,26-32H2,2-17H3/b22-21-. The fourth-order valence-electron chi connectivity index (χ4n) is 8.26. The Hall–Kier alpha value is -1.30. The molecule has 0 fully saturated rings. The summed E-state index contributed by atoms with van der Waals surface area (Å²) in [5.74, 6) is 0.625. The fourth-order valence-corrected chi connectivity index (χ4v) is 8.26. The second-order valence-electron chi connectivity index (χ2n) is 19.4. The van der Waals surface area contributed by atoms with Crippen molar-refractivity contribution in [3.05, 3.63) is 60.2 Å². The summed E-state index contributed by atoms with van der Waals surface area (Å²) in [6.45, 7) is 43.4. The van der Waals surface area contributed by atoms with Crippen LogP contribution >= 0.6 is 0 Å². The van der Waals surface area contributed by atoms with E-state index in [4.69, 9.17) is 0 Å². The Morgan fingerprint density at radius 2 is 1.10 bits per heavy atom. The Labute approximate surface area is 265 Å². The first-order valence-corrected chi connectivity index (χ1v) is 17.1. The number of rotatable bonds is 18. The van der Waals surface area contributed by atoms with Crippen molar-refractivity contribution in [2.45, 2.75) is 168 Å². The van der Waals surface area contributed by atoms with Gasteiger partial charge in [0.25, 0.3) is 0 Å². The third-order valence-electron chi connectivity index (χ3n) is 11.0. The van der Waals surface area contributed by atoms with Crippen molar-refractivity contribution in [2.75, 3.05) is 0 Å². The number of benzene rings is 1. The van der Waals surface area contributed by atoms with Crippen LogP contribution in [0.15, 0.2) is 54.6 Å². The molecule has 1 rings (SSSR count). The van der Waals surface area contributed by atoms with E-state index in [0.717, 1.165) is 12.8 Å². The molecule has 0 bridgehead atoms. The molecular formula is C42H74. The predicted molar refractivity (Wildman–Crippen MR) is 192 cm³/mol.